The second kappa shape index (κ2) is 9.12. The van der Waals surface area contributed by atoms with Crippen LogP contribution in [0.15, 0.2) is 16.9 Å². The summed E-state index contributed by atoms with van der Waals surface area (Å²) in [6.45, 7) is 12.6. The van der Waals surface area contributed by atoms with Gasteiger partial charge >= 0.3 is 0 Å². The Balaban J connectivity index is 1.39. The van der Waals surface area contributed by atoms with E-state index in [0.717, 1.165) is 53.9 Å². The van der Waals surface area contributed by atoms with Gasteiger partial charge in [0.05, 0.1) is 10.2 Å². The topological polar surface area (TPSA) is 71.6 Å². The van der Waals surface area contributed by atoms with Crippen molar-refractivity contribution < 1.29 is 4.79 Å². The van der Waals surface area contributed by atoms with Crippen molar-refractivity contribution in [3.8, 4) is 0 Å². The monoisotopic (exact) mass is 443 g/mol. The van der Waals surface area contributed by atoms with Gasteiger partial charge in [0.2, 0.25) is 5.91 Å². The summed E-state index contributed by atoms with van der Waals surface area (Å²) in [7, 11) is 0. The maximum absolute atomic E-state index is 13.0. The van der Waals surface area contributed by atoms with Crippen LogP contribution in [0.2, 0.25) is 0 Å². The lowest BCUT2D eigenvalue weighted by molar-refractivity contribution is -0.121. The Morgan fingerprint density at radius 2 is 1.97 bits per heavy atom. The van der Waals surface area contributed by atoms with Crippen LogP contribution in [0.5, 0.6) is 0 Å². The minimum Gasteiger partial charge on any atom is -0.354 e. The summed E-state index contributed by atoms with van der Waals surface area (Å²) in [6.07, 6.45) is 2.91. The molecule has 2 atom stereocenters. The maximum atomic E-state index is 13.0. The van der Waals surface area contributed by atoms with E-state index in [1.54, 1.807) is 11.3 Å². The average Bonchev–Trinajstić information content (AvgIpc) is 3.23. The second-order valence-electron chi connectivity index (χ2n) is 9.11. The lowest BCUT2D eigenvalue weighted by atomic mass is 9.92. The maximum Gasteiger partial charge on any atom is 0.291 e. The van der Waals surface area contributed by atoms with Gasteiger partial charge in [0.15, 0.2) is 0 Å². The van der Waals surface area contributed by atoms with Gasteiger partial charge in [-0.25, -0.2) is 4.68 Å². The molecule has 7 nitrogen and oxygen atoms in total. The number of thiophene rings is 1. The van der Waals surface area contributed by atoms with Crippen molar-refractivity contribution in [1.82, 2.24) is 24.4 Å². The van der Waals surface area contributed by atoms with Crippen molar-refractivity contribution in [3.05, 3.63) is 33.2 Å². The molecule has 0 saturated carbocycles. The van der Waals surface area contributed by atoms with E-state index >= 15 is 0 Å². The van der Waals surface area contributed by atoms with E-state index in [9.17, 15) is 9.59 Å². The third kappa shape index (κ3) is 4.70. The van der Waals surface area contributed by atoms with Crippen LogP contribution in [0.4, 0.5) is 0 Å². The van der Waals surface area contributed by atoms with Gasteiger partial charge in [-0.05, 0) is 50.3 Å². The van der Waals surface area contributed by atoms with Gasteiger partial charge < -0.3 is 10.2 Å². The Morgan fingerprint density at radius 1 is 1.23 bits per heavy atom. The normalized spacial score (nSPS) is 20.0. The molecule has 1 amide bonds. The number of carbonyl (C=O) groups excluding carboxylic acids is 1. The Kier molecular flexibility index (Phi) is 6.48. The SMILES string of the molecule is CCc1nn(CC(=O)NCCCN2C[C@@H](C)C[C@H](C)C2)c(=O)c2cc3sc(C)cc3n12. The minimum atomic E-state index is -0.218. The number of rotatable bonds is 7. The highest BCUT2D eigenvalue weighted by Crippen LogP contribution is 2.28. The fraction of sp³-hybridized carbons (Fsp3) is 0.609. The molecule has 4 rings (SSSR count). The predicted molar refractivity (Wildman–Crippen MR) is 126 cm³/mol. The van der Waals surface area contributed by atoms with E-state index in [-0.39, 0.29) is 18.0 Å². The van der Waals surface area contributed by atoms with Crippen LogP contribution in [0.3, 0.4) is 0 Å². The molecule has 1 N–H and O–H groups in total. The first-order chi connectivity index (χ1) is 14.9. The quantitative estimate of drug-likeness (QED) is 0.570. The van der Waals surface area contributed by atoms with Crippen molar-refractivity contribution in [1.29, 1.82) is 0 Å². The molecule has 0 unspecified atom stereocenters. The predicted octanol–water partition coefficient (Wildman–Crippen LogP) is 3.07. The zero-order valence-corrected chi connectivity index (χ0v) is 19.8. The molecule has 3 aromatic heterocycles. The largest absolute Gasteiger partial charge is 0.354 e. The summed E-state index contributed by atoms with van der Waals surface area (Å²) in [5, 5.41) is 7.48. The molecule has 0 aromatic carbocycles. The summed E-state index contributed by atoms with van der Waals surface area (Å²) >= 11 is 1.67. The van der Waals surface area contributed by atoms with Crippen molar-refractivity contribution in [3.63, 3.8) is 0 Å². The molecule has 0 aliphatic carbocycles. The number of piperidine rings is 1. The van der Waals surface area contributed by atoms with Gasteiger partial charge in [-0.1, -0.05) is 20.8 Å². The zero-order valence-electron chi connectivity index (χ0n) is 19.0. The number of amides is 1. The van der Waals surface area contributed by atoms with E-state index in [2.05, 4.69) is 42.2 Å². The number of hydrogen-bond acceptors (Lipinski definition) is 5. The average molecular weight is 444 g/mol. The molecule has 168 valence electrons. The van der Waals surface area contributed by atoms with Crippen molar-refractivity contribution in [2.24, 2.45) is 11.8 Å². The van der Waals surface area contributed by atoms with Crippen LogP contribution in [-0.2, 0) is 17.8 Å². The standard InChI is InChI=1S/C23H33N5O2S/c1-5-21-25-27(23(30)19-11-20-18(28(19)21)10-17(4)31-20)14-22(29)24-7-6-8-26-12-15(2)9-16(3)13-26/h10-11,15-16H,5-9,12-14H2,1-4H3,(H,24,29)/t15-,16-/m0/s1. The first kappa shape index (κ1) is 22.0. The molecule has 4 heterocycles. The molecular weight excluding hydrogens is 410 g/mol. The minimum absolute atomic E-state index is 0.0437. The van der Waals surface area contributed by atoms with Gasteiger partial charge in [0.25, 0.3) is 5.56 Å². The molecule has 1 saturated heterocycles. The van der Waals surface area contributed by atoms with Crippen LogP contribution >= 0.6 is 11.3 Å². The Morgan fingerprint density at radius 3 is 2.68 bits per heavy atom. The lowest BCUT2D eigenvalue weighted by Crippen LogP contribution is -2.40. The summed E-state index contributed by atoms with van der Waals surface area (Å²) in [5.74, 6) is 2.12. The summed E-state index contributed by atoms with van der Waals surface area (Å²) in [4.78, 5) is 29.2. The van der Waals surface area contributed by atoms with Crippen molar-refractivity contribution in [2.75, 3.05) is 26.2 Å². The smallest absolute Gasteiger partial charge is 0.291 e. The van der Waals surface area contributed by atoms with Crippen molar-refractivity contribution in [2.45, 2.75) is 53.5 Å². The van der Waals surface area contributed by atoms with Crippen molar-refractivity contribution >= 4 is 33.0 Å². The van der Waals surface area contributed by atoms with Crippen LogP contribution in [-0.4, -0.2) is 51.2 Å². The van der Waals surface area contributed by atoms with E-state index in [4.69, 9.17) is 0 Å². The highest BCUT2D eigenvalue weighted by molar-refractivity contribution is 7.19. The Hall–Kier alpha value is -2.19. The van der Waals surface area contributed by atoms with Gasteiger partial charge in [0.1, 0.15) is 17.9 Å². The fourth-order valence-electron chi connectivity index (χ4n) is 4.95. The first-order valence-electron chi connectivity index (χ1n) is 11.4. The molecule has 3 aromatic rings. The molecule has 0 bridgehead atoms. The highest BCUT2D eigenvalue weighted by Gasteiger charge is 2.21. The fourth-order valence-corrected chi connectivity index (χ4v) is 5.89. The number of nitrogens with zero attached hydrogens (tertiary/aromatic N) is 4. The molecule has 0 spiro atoms. The van der Waals surface area contributed by atoms with Gasteiger partial charge in [0, 0.05) is 30.9 Å². The Bertz CT molecular complexity index is 1130. The van der Waals surface area contributed by atoms with Gasteiger partial charge in [-0.2, -0.15) is 5.10 Å². The number of fused-ring (bicyclic) bond motifs is 3. The van der Waals surface area contributed by atoms with Gasteiger partial charge in [-0.3, -0.25) is 14.0 Å². The molecule has 0 radical (unpaired) electrons. The number of nitrogens with one attached hydrogen (secondary N) is 1. The van der Waals surface area contributed by atoms with E-state index in [1.165, 1.54) is 16.0 Å². The molecule has 1 aliphatic rings. The van der Waals surface area contributed by atoms with E-state index in [1.807, 2.05) is 17.4 Å². The third-order valence-corrected chi connectivity index (χ3v) is 7.07. The van der Waals surface area contributed by atoms with E-state index in [0.29, 0.717) is 18.5 Å². The second-order valence-corrected chi connectivity index (χ2v) is 10.4. The van der Waals surface area contributed by atoms with Crippen LogP contribution in [0.1, 0.15) is 44.3 Å². The number of carbonyl (C=O) groups is 1. The first-order valence-corrected chi connectivity index (χ1v) is 12.2. The summed E-state index contributed by atoms with van der Waals surface area (Å²) in [5.41, 5.74) is 1.40. The summed E-state index contributed by atoms with van der Waals surface area (Å²) < 4.78 is 4.33. The van der Waals surface area contributed by atoms with Crippen LogP contribution < -0.4 is 10.9 Å². The van der Waals surface area contributed by atoms with Gasteiger partial charge in [-0.15, -0.1) is 11.3 Å². The van der Waals surface area contributed by atoms with Crippen LogP contribution in [0.25, 0.3) is 15.7 Å². The number of aryl methyl sites for hydroxylation is 2. The molecular formula is C23H33N5O2S. The van der Waals surface area contributed by atoms with Crippen LogP contribution in [0, 0.1) is 18.8 Å². The third-order valence-electron chi connectivity index (χ3n) is 6.09. The number of hydrogen-bond donors (Lipinski definition) is 1. The molecule has 8 heteroatoms. The Labute approximate surface area is 187 Å². The number of likely N-dealkylation sites (tertiary alicyclic amines) is 1. The number of aromatic nitrogens is 3. The molecule has 1 fully saturated rings. The van der Waals surface area contributed by atoms with E-state index < -0.39 is 0 Å². The summed E-state index contributed by atoms with van der Waals surface area (Å²) in [6, 6.07) is 4.01. The highest BCUT2D eigenvalue weighted by atomic mass is 32.1. The lowest BCUT2D eigenvalue weighted by Gasteiger charge is -2.34. The molecule has 31 heavy (non-hydrogen) atoms. The molecule has 1 aliphatic heterocycles. The zero-order chi connectivity index (χ0) is 22.1.